The van der Waals surface area contributed by atoms with Gasteiger partial charge in [0.2, 0.25) is 0 Å². The van der Waals surface area contributed by atoms with Gasteiger partial charge in [0, 0.05) is 0 Å². The predicted molar refractivity (Wildman–Crippen MR) is 92.3 cm³/mol. The van der Waals surface area contributed by atoms with Crippen LogP contribution in [0.1, 0.15) is 50.5 Å². The molecule has 20 heavy (non-hydrogen) atoms. The van der Waals surface area contributed by atoms with Crippen LogP contribution < -0.4 is 0 Å². The summed E-state index contributed by atoms with van der Waals surface area (Å²) in [5, 5.41) is 9.54. The zero-order chi connectivity index (χ0) is 14.8. The van der Waals surface area contributed by atoms with Gasteiger partial charge in [-0.15, -0.1) is 6.58 Å². The van der Waals surface area contributed by atoms with Crippen molar-refractivity contribution in [3.8, 4) is 0 Å². The van der Waals surface area contributed by atoms with Gasteiger partial charge in [-0.25, -0.2) is 0 Å². The van der Waals surface area contributed by atoms with Crippen molar-refractivity contribution >= 4 is 28.6 Å². The van der Waals surface area contributed by atoms with Crippen LogP contribution in [0, 0.1) is 0 Å². The number of carboxylic acids is 1. The maximum atomic E-state index is 11.6. The van der Waals surface area contributed by atoms with Gasteiger partial charge in [0.15, 0.2) is 0 Å². The van der Waals surface area contributed by atoms with Crippen LogP contribution in [-0.4, -0.2) is 11.1 Å². The van der Waals surface area contributed by atoms with Gasteiger partial charge in [0.1, 0.15) is 3.42 Å². The predicted octanol–water partition coefficient (Wildman–Crippen LogP) is 5.32. The lowest BCUT2D eigenvalue weighted by atomic mass is 9.93. The molecule has 1 rings (SSSR count). The number of allylic oxidation sites excluding steroid dienone is 1. The van der Waals surface area contributed by atoms with Crippen LogP contribution in [0.15, 0.2) is 43.0 Å². The highest BCUT2D eigenvalue weighted by Crippen LogP contribution is 2.37. The zero-order valence-corrected chi connectivity index (χ0v) is 14.0. The van der Waals surface area contributed by atoms with Crippen molar-refractivity contribution in [3.05, 3.63) is 48.6 Å². The summed E-state index contributed by atoms with van der Waals surface area (Å²) in [7, 11) is 0. The summed E-state index contributed by atoms with van der Waals surface area (Å²) < 4.78 is -0.792. The van der Waals surface area contributed by atoms with E-state index in [1.54, 1.807) is 0 Å². The summed E-state index contributed by atoms with van der Waals surface area (Å²) in [6, 6.07) is 9.54. The Balaban J connectivity index is 2.44. The van der Waals surface area contributed by atoms with Gasteiger partial charge in [-0.1, -0.05) is 84.7 Å². The van der Waals surface area contributed by atoms with Gasteiger partial charge >= 0.3 is 5.97 Å². The molecule has 0 aliphatic rings. The summed E-state index contributed by atoms with van der Waals surface area (Å²) in [6.45, 7) is 3.71. The van der Waals surface area contributed by atoms with Gasteiger partial charge in [-0.2, -0.15) is 0 Å². The molecule has 0 radical (unpaired) electrons. The fourth-order valence-electron chi connectivity index (χ4n) is 2.26. The second-order valence-electron chi connectivity index (χ2n) is 5.07. The van der Waals surface area contributed by atoms with Crippen LogP contribution >= 0.6 is 22.6 Å². The van der Waals surface area contributed by atoms with E-state index in [1.165, 1.54) is 19.3 Å². The molecule has 1 atom stereocenters. The average Bonchev–Trinajstić information content (AvgIpc) is 2.46. The van der Waals surface area contributed by atoms with Crippen LogP contribution in [-0.2, 0) is 8.22 Å². The Morgan fingerprint density at radius 2 is 1.75 bits per heavy atom. The van der Waals surface area contributed by atoms with Crippen molar-refractivity contribution in [2.75, 3.05) is 0 Å². The average molecular weight is 386 g/mol. The molecule has 0 aliphatic carbocycles. The van der Waals surface area contributed by atoms with Crippen molar-refractivity contribution in [2.45, 2.75) is 48.4 Å². The summed E-state index contributed by atoms with van der Waals surface area (Å²) in [5.74, 6) is -0.740. The molecular formula is C17H23IO2. The Morgan fingerprint density at radius 1 is 1.15 bits per heavy atom. The van der Waals surface area contributed by atoms with E-state index >= 15 is 0 Å². The highest BCUT2D eigenvalue weighted by atomic mass is 127. The standard InChI is InChI=1S/C17H23IO2/c1-2-3-4-5-6-7-11-14-17(18,16(19)20)15-12-9-8-10-13-15/h2,8-10,12-13H,1,3-7,11,14H2,(H,19,20). The number of carboxylic acid groups (broad SMARTS) is 1. The van der Waals surface area contributed by atoms with Crippen molar-refractivity contribution in [2.24, 2.45) is 0 Å². The Bertz CT molecular complexity index is 416. The van der Waals surface area contributed by atoms with Gasteiger partial charge < -0.3 is 5.11 Å². The maximum Gasteiger partial charge on any atom is 0.324 e. The first-order valence-corrected chi connectivity index (χ1v) is 8.28. The lowest BCUT2D eigenvalue weighted by molar-refractivity contribution is -0.139. The molecular weight excluding hydrogens is 363 g/mol. The van der Waals surface area contributed by atoms with E-state index in [2.05, 4.69) is 29.2 Å². The van der Waals surface area contributed by atoms with Crippen LogP contribution in [0.25, 0.3) is 0 Å². The van der Waals surface area contributed by atoms with Crippen molar-refractivity contribution in [1.82, 2.24) is 0 Å². The minimum atomic E-state index is -0.792. The second kappa shape index (κ2) is 9.16. The first-order chi connectivity index (χ1) is 9.61. The third-order valence-electron chi connectivity index (χ3n) is 3.50. The summed E-state index contributed by atoms with van der Waals surface area (Å²) in [6.07, 6.45) is 9.35. The number of carbonyl (C=O) groups is 1. The van der Waals surface area contributed by atoms with E-state index in [0.29, 0.717) is 6.42 Å². The quantitative estimate of drug-likeness (QED) is 0.256. The molecule has 1 unspecified atom stereocenters. The third-order valence-corrected chi connectivity index (χ3v) is 5.12. The molecule has 0 aromatic heterocycles. The van der Waals surface area contributed by atoms with E-state index in [1.807, 2.05) is 36.4 Å². The topological polar surface area (TPSA) is 37.3 Å². The van der Waals surface area contributed by atoms with Crippen LogP contribution in [0.5, 0.6) is 0 Å². The molecule has 1 aromatic rings. The largest absolute Gasteiger partial charge is 0.480 e. The third kappa shape index (κ3) is 5.27. The molecule has 0 heterocycles. The smallest absolute Gasteiger partial charge is 0.324 e. The maximum absolute atomic E-state index is 11.6. The van der Waals surface area contributed by atoms with Crippen LogP contribution in [0.3, 0.4) is 0 Å². The summed E-state index contributed by atoms with van der Waals surface area (Å²) >= 11 is 2.09. The van der Waals surface area contributed by atoms with Crippen molar-refractivity contribution in [3.63, 3.8) is 0 Å². The van der Waals surface area contributed by atoms with Gasteiger partial charge in [0.05, 0.1) is 0 Å². The molecule has 110 valence electrons. The minimum absolute atomic E-state index is 0.689. The molecule has 0 spiro atoms. The molecule has 1 N–H and O–H groups in total. The lowest BCUT2D eigenvalue weighted by Crippen LogP contribution is -2.28. The molecule has 0 saturated carbocycles. The number of hydrogen-bond donors (Lipinski definition) is 1. The first kappa shape index (κ1) is 17.2. The SMILES string of the molecule is C=CCCCCCCCC(I)(C(=O)O)c1ccccc1. The van der Waals surface area contributed by atoms with E-state index in [4.69, 9.17) is 0 Å². The number of rotatable bonds is 10. The summed E-state index contributed by atoms with van der Waals surface area (Å²) in [5.41, 5.74) is 0.889. The number of aliphatic carboxylic acids is 1. The molecule has 1 aromatic carbocycles. The molecule has 0 aliphatic heterocycles. The molecule has 2 nitrogen and oxygen atoms in total. The number of hydrogen-bond acceptors (Lipinski definition) is 1. The Labute approximate surface area is 135 Å². The van der Waals surface area contributed by atoms with E-state index in [9.17, 15) is 9.90 Å². The molecule has 0 fully saturated rings. The fraction of sp³-hybridized carbons (Fsp3) is 0.471. The van der Waals surface area contributed by atoms with Gasteiger partial charge in [0.25, 0.3) is 0 Å². The normalized spacial score (nSPS) is 13.7. The fourth-order valence-corrected chi connectivity index (χ4v) is 3.01. The van der Waals surface area contributed by atoms with E-state index in [-0.39, 0.29) is 0 Å². The second-order valence-corrected chi connectivity index (χ2v) is 6.91. The number of halogens is 1. The number of benzene rings is 1. The van der Waals surface area contributed by atoms with Crippen molar-refractivity contribution in [1.29, 1.82) is 0 Å². The van der Waals surface area contributed by atoms with Gasteiger partial charge in [-0.3, -0.25) is 4.79 Å². The minimum Gasteiger partial charge on any atom is -0.480 e. The van der Waals surface area contributed by atoms with E-state index in [0.717, 1.165) is 24.8 Å². The lowest BCUT2D eigenvalue weighted by Gasteiger charge is -2.23. The molecule has 0 bridgehead atoms. The zero-order valence-electron chi connectivity index (χ0n) is 11.9. The van der Waals surface area contributed by atoms with Crippen molar-refractivity contribution < 1.29 is 9.90 Å². The number of unbranched alkanes of at least 4 members (excludes halogenated alkanes) is 5. The van der Waals surface area contributed by atoms with Crippen LogP contribution in [0.4, 0.5) is 0 Å². The first-order valence-electron chi connectivity index (χ1n) is 7.20. The number of alkyl halides is 1. The monoisotopic (exact) mass is 386 g/mol. The Kier molecular flexibility index (Phi) is 7.88. The summed E-state index contributed by atoms with van der Waals surface area (Å²) in [4.78, 5) is 11.6. The van der Waals surface area contributed by atoms with E-state index < -0.39 is 9.39 Å². The van der Waals surface area contributed by atoms with Gasteiger partial charge in [-0.05, 0) is 24.8 Å². The molecule has 0 amide bonds. The highest BCUT2D eigenvalue weighted by Gasteiger charge is 2.36. The van der Waals surface area contributed by atoms with Crippen LogP contribution in [0.2, 0.25) is 0 Å². The Morgan fingerprint density at radius 3 is 2.35 bits per heavy atom. The Hall–Kier alpha value is -0.840. The molecule has 0 saturated heterocycles. The molecule has 3 heteroatoms. The highest BCUT2D eigenvalue weighted by molar-refractivity contribution is 14.1.